The van der Waals surface area contributed by atoms with Gasteiger partial charge < -0.3 is 0 Å². The quantitative estimate of drug-likeness (QED) is 0.190. The zero-order valence-electron chi connectivity index (χ0n) is 26.5. The number of rotatable bonds is 3. The molecular weight excluding hydrogens is 528 g/mol. The van der Waals surface area contributed by atoms with Gasteiger partial charge in [0.1, 0.15) is 0 Å². The molecule has 0 aliphatic heterocycles. The summed E-state index contributed by atoms with van der Waals surface area (Å²) in [5.41, 5.74) is 13.3. The first-order valence-electron chi connectivity index (χ1n) is 15.9. The Bertz CT molecular complexity index is 2150. The maximum atomic E-state index is 4.50. The molecule has 0 amide bonds. The molecule has 0 N–H and O–H groups in total. The highest BCUT2D eigenvalue weighted by molar-refractivity contribution is 6.26. The van der Waals surface area contributed by atoms with E-state index >= 15 is 0 Å². The molecular formula is C44H40. The van der Waals surface area contributed by atoms with Gasteiger partial charge in [-0.05, 0) is 129 Å². The Labute approximate surface area is 262 Å². The number of hydrogen-bond donors (Lipinski definition) is 0. The molecule has 1 unspecified atom stereocenters. The third kappa shape index (κ3) is 4.44. The molecule has 2 aliphatic rings. The van der Waals surface area contributed by atoms with Crippen LogP contribution in [0.3, 0.4) is 0 Å². The summed E-state index contributed by atoms with van der Waals surface area (Å²) in [4.78, 5) is 0. The van der Waals surface area contributed by atoms with Crippen LogP contribution in [0, 0.1) is 5.92 Å². The second-order valence-corrected chi connectivity index (χ2v) is 12.7. The summed E-state index contributed by atoms with van der Waals surface area (Å²) in [6.07, 6.45) is 14.5. The summed E-state index contributed by atoms with van der Waals surface area (Å²) in [5.74, 6) is 0.880. The highest BCUT2D eigenvalue weighted by Crippen LogP contribution is 2.51. The van der Waals surface area contributed by atoms with E-state index in [2.05, 4.69) is 157 Å². The fourth-order valence-electron chi connectivity index (χ4n) is 7.79. The second kappa shape index (κ2) is 11.1. The molecule has 0 saturated heterocycles. The molecule has 0 nitrogen and oxygen atoms in total. The van der Waals surface area contributed by atoms with Crippen molar-refractivity contribution in [2.45, 2.75) is 47.0 Å². The summed E-state index contributed by atoms with van der Waals surface area (Å²) in [5, 5.41) is 7.78. The van der Waals surface area contributed by atoms with E-state index in [1.165, 1.54) is 82.4 Å². The van der Waals surface area contributed by atoms with Crippen molar-refractivity contribution in [2.24, 2.45) is 5.92 Å². The average molecular weight is 569 g/mol. The summed E-state index contributed by atoms with van der Waals surface area (Å²) in [6, 6.07) is 29.5. The fraction of sp³-hybridized carbons (Fsp3) is 0.182. The molecule has 216 valence electrons. The largest absolute Gasteiger partial charge is 0.0955 e. The smallest absolute Gasteiger partial charge is 0.00494 e. The predicted octanol–water partition coefficient (Wildman–Crippen LogP) is 12.7. The summed E-state index contributed by atoms with van der Waals surface area (Å²) < 4.78 is 0. The highest BCUT2D eigenvalue weighted by Gasteiger charge is 2.33. The Morgan fingerprint density at radius 3 is 1.98 bits per heavy atom. The van der Waals surface area contributed by atoms with Crippen molar-refractivity contribution in [3.63, 3.8) is 0 Å². The van der Waals surface area contributed by atoms with E-state index in [-0.39, 0.29) is 0 Å². The topological polar surface area (TPSA) is 0 Å². The van der Waals surface area contributed by atoms with E-state index < -0.39 is 0 Å². The normalized spacial score (nSPS) is 21.2. The Morgan fingerprint density at radius 2 is 1.36 bits per heavy atom. The number of benzene rings is 5. The lowest BCUT2D eigenvalue weighted by atomic mass is 9.68. The zero-order valence-corrected chi connectivity index (χ0v) is 26.5. The monoisotopic (exact) mass is 568 g/mol. The standard InChI is InChI=1S/C44H40/c1-7-32(43-29(5)24-39-30(6)28(4)16-9-8-10-17-31-18-15-23-37(43)44(31)39)40-26-42-36-22-14-12-20-34(36)33-19-11-13-21-35(33)41(42)25-38(40)27(2)3/h7-23,25-26,30,39H,2,24H2,1,3-6H3/b9-8-,17-10+,28-16+,32-7-/t30?,39-/m1/s1. The van der Waals surface area contributed by atoms with Gasteiger partial charge in [0.2, 0.25) is 0 Å². The summed E-state index contributed by atoms with van der Waals surface area (Å²) >= 11 is 0. The van der Waals surface area contributed by atoms with E-state index in [4.69, 9.17) is 0 Å². The van der Waals surface area contributed by atoms with E-state index in [9.17, 15) is 0 Å². The SMILES string of the molecule is C=C(C)c1cc2c3ccccc3c3ccccc3c2cc1/C(=C/C)C1=C(C)C[C@H]2c3c(cccc31)/C=C/C=C\C=C(/C)C2C. The first-order chi connectivity index (χ1) is 21.4. The third-order valence-electron chi connectivity index (χ3n) is 10.1. The van der Waals surface area contributed by atoms with Crippen molar-refractivity contribution in [3.05, 3.63) is 155 Å². The molecule has 0 bridgehead atoms. The van der Waals surface area contributed by atoms with Crippen molar-refractivity contribution in [3.8, 4) is 0 Å². The van der Waals surface area contributed by atoms with Gasteiger partial charge in [0.25, 0.3) is 0 Å². The minimum Gasteiger partial charge on any atom is -0.0955 e. The average Bonchev–Trinajstić information content (AvgIpc) is 3.04. The Balaban J connectivity index is 1.52. The predicted molar refractivity (Wildman–Crippen MR) is 195 cm³/mol. The van der Waals surface area contributed by atoms with Crippen molar-refractivity contribution >= 4 is 55.1 Å². The lowest BCUT2D eigenvalue weighted by Crippen LogP contribution is -2.19. The number of hydrogen-bond acceptors (Lipinski definition) is 0. The van der Waals surface area contributed by atoms with Gasteiger partial charge in [-0.1, -0.05) is 133 Å². The van der Waals surface area contributed by atoms with Crippen LogP contribution >= 0.6 is 0 Å². The molecule has 5 aromatic carbocycles. The molecule has 0 spiro atoms. The van der Waals surface area contributed by atoms with Gasteiger partial charge in [0.15, 0.2) is 0 Å². The molecule has 7 rings (SSSR count). The van der Waals surface area contributed by atoms with Crippen LogP contribution in [0.15, 0.2) is 127 Å². The molecule has 0 saturated carbocycles. The van der Waals surface area contributed by atoms with Crippen LogP contribution in [0.4, 0.5) is 0 Å². The number of fused-ring (bicyclic) bond motifs is 6. The van der Waals surface area contributed by atoms with Gasteiger partial charge in [-0.3, -0.25) is 0 Å². The Kier molecular flexibility index (Phi) is 7.10. The van der Waals surface area contributed by atoms with E-state index in [0.29, 0.717) is 11.8 Å². The van der Waals surface area contributed by atoms with Crippen LogP contribution in [0.1, 0.15) is 74.8 Å². The first kappa shape index (κ1) is 28.1. The van der Waals surface area contributed by atoms with Crippen molar-refractivity contribution in [2.75, 3.05) is 0 Å². The van der Waals surface area contributed by atoms with E-state index in [1.807, 2.05) is 0 Å². The van der Waals surface area contributed by atoms with Gasteiger partial charge >= 0.3 is 0 Å². The Hall–Kier alpha value is -4.68. The highest BCUT2D eigenvalue weighted by atomic mass is 14.4. The van der Waals surface area contributed by atoms with Gasteiger partial charge in [0, 0.05) is 0 Å². The lowest BCUT2D eigenvalue weighted by Gasteiger charge is -2.36. The summed E-state index contributed by atoms with van der Waals surface area (Å²) in [7, 11) is 0. The minimum atomic E-state index is 0.433. The molecule has 0 heterocycles. The molecule has 2 aliphatic carbocycles. The molecule has 0 radical (unpaired) electrons. The Morgan fingerprint density at radius 1 is 0.750 bits per heavy atom. The van der Waals surface area contributed by atoms with Crippen molar-refractivity contribution in [1.29, 1.82) is 0 Å². The van der Waals surface area contributed by atoms with Crippen LogP contribution < -0.4 is 0 Å². The molecule has 0 heteroatoms. The first-order valence-corrected chi connectivity index (χ1v) is 15.9. The van der Waals surface area contributed by atoms with Crippen molar-refractivity contribution < 1.29 is 0 Å². The van der Waals surface area contributed by atoms with Crippen LogP contribution in [0.5, 0.6) is 0 Å². The zero-order chi connectivity index (χ0) is 30.5. The molecule has 0 aromatic heterocycles. The maximum absolute atomic E-state index is 4.50. The second-order valence-electron chi connectivity index (χ2n) is 12.7. The molecule has 44 heavy (non-hydrogen) atoms. The van der Waals surface area contributed by atoms with E-state index in [0.717, 1.165) is 12.0 Å². The maximum Gasteiger partial charge on any atom is -0.00494 e. The lowest BCUT2D eigenvalue weighted by molar-refractivity contribution is 0.511. The molecule has 0 fully saturated rings. The van der Waals surface area contributed by atoms with Crippen molar-refractivity contribution in [1.82, 2.24) is 0 Å². The fourth-order valence-corrected chi connectivity index (χ4v) is 7.79. The van der Waals surface area contributed by atoms with Gasteiger partial charge in [-0.25, -0.2) is 0 Å². The van der Waals surface area contributed by atoms with Gasteiger partial charge in [-0.15, -0.1) is 0 Å². The number of allylic oxidation sites excluding steroid dienone is 10. The minimum absolute atomic E-state index is 0.433. The van der Waals surface area contributed by atoms with Gasteiger partial charge in [-0.2, -0.15) is 0 Å². The molecule has 5 aromatic rings. The van der Waals surface area contributed by atoms with Crippen LogP contribution in [-0.4, -0.2) is 0 Å². The molecule has 2 atom stereocenters. The van der Waals surface area contributed by atoms with Crippen LogP contribution in [0.2, 0.25) is 0 Å². The van der Waals surface area contributed by atoms with Gasteiger partial charge in [0.05, 0.1) is 0 Å². The van der Waals surface area contributed by atoms with Crippen LogP contribution in [-0.2, 0) is 0 Å². The van der Waals surface area contributed by atoms with E-state index in [1.54, 1.807) is 0 Å². The third-order valence-corrected chi connectivity index (χ3v) is 10.1. The van der Waals surface area contributed by atoms with Crippen LogP contribution in [0.25, 0.3) is 55.1 Å². The summed E-state index contributed by atoms with van der Waals surface area (Å²) in [6.45, 7) is 15.9.